The molecular formula is C9H6F12O. The summed E-state index contributed by atoms with van der Waals surface area (Å²) in [4.78, 5) is 10.1. The van der Waals surface area contributed by atoms with Gasteiger partial charge in [0.05, 0.1) is 0 Å². The molecule has 0 saturated carbocycles. The highest BCUT2D eigenvalue weighted by Crippen LogP contribution is 2.55. The largest absolute Gasteiger partial charge is 0.456 e. The average Bonchev–Trinajstić information content (AvgIpc) is 2.34. The van der Waals surface area contributed by atoms with E-state index in [1.807, 2.05) is 0 Å². The molecule has 0 aliphatic carbocycles. The molecule has 1 nitrogen and oxygen atoms in total. The van der Waals surface area contributed by atoms with E-state index < -0.39 is 48.2 Å². The number of halogens is 12. The van der Waals surface area contributed by atoms with Crippen LogP contribution in [0.15, 0.2) is 0 Å². The molecule has 0 aromatic carbocycles. The highest BCUT2D eigenvalue weighted by atomic mass is 19.4. The number of Topliss-reactive ketones (excluding diaryl/α,β-unsaturated/α-hetero) is 1. The Balaban J connectivity index is 6.05. The van der Waals surface area contributed by atoms with Gasteiger partial charge in [0.25, 0.3) is 0 Å². The second kappa shape index (κ2) is 5.48. The Morgan fingerprint density at radius 3 is 1.45 bits per heavy atom. The van der Waals surface area contributed by atoms with E-state index >= 15 is 0 Å². The van der Waals surface area contributed by atoms with Gasteiger partial charge in [0, 0.05) is 0 Å². The zero-order valence-corrected chi connectivity index (χ0v) is 10.2. The first kappa shape index (κ1) is 20.8. The third-order valence-corrected chi connectivity index (χ3v) is 2.50. The number of hydrogen-bond acceptors (Lipinski definition) is 1. The lowest BCUT2D eigenvalue weighted by Gasteiger charge is -2.37. The van der Waals surface area contributed by atoms with E-state index in [2.05, 4.69) is 0 Å². The molecule has 0 spiro atoms. The molecule has 132 valence electrons. The minimum Gasteiger partial charge on any atom is -0.282 e. The van der Waals surface area contributed by atoms with E-state index in [1.54, 1.807) is 0 Å². The lowest BCUT2D eigenvalue weighted by Crippen LogP contribution is -2.67. The van der Waals surface area contributed by atoms with Crippen LogP contribution in [-0.2, 0) is 4.79 Å². The van der Waals surface area contributed by atoms with Crippen LogP contribution in [-0.4, -0.2) is 41.8 Å². The fraction of sp³-hybridized carbons (Fsp3) is 0.889. The van der Waals surface area contributed by atoms with Crippen molar-refractivity contribution in [2.45, 2.75) is 49.4 Å². The summed E-state index contributed by atoms with van der Waals surface area (Å²) in [5, 5.41) is 0. The van der Waals surface area contributed by atoms with Crippen molar-refractivity contribution in [1.82, 2.24) is 0 Å². The van der Waals surface area contributed by atoms with Crippen LogP contribution in [0, 0.1) is 0 Å². The van der Waals surface area contributed by atoms with Crippen LogP contribution in [0.2, 0.25) is 0 Å². The van der Waals surface area contributed by atoms with Gasteiger partial charge in [0.1, 0.15) is 0 Å². The van der Waals surface area contributed by atoms with Gasteiger partial charge >= 0.3 is 35.6 Å². The lowest BCUT2D eigenvalue weighted by molar-refractivity contribution is -0.370. The van der Waals surface area contributed by atoms with E-state index in [9.17, 15) is 57.5 Å². The van der Waals surface area contributed by atoms with E-state index in [-0.39, 0.29) is 0 Å². The van der Waals surface area contributed by atoms with Crippen LogP contribution in [0.4, 0.5) is 52.7 Å². The lowest BCUT2D eigenvalue weighted by atomic mass is 9.92. The van der Waals surface area contributed by atoms with Gasteiger partial charge in [-0.15, -0.1) is 0 Å². The molecule has 0 saturated heterocycles. The molecule has 0 rings (SSSR count). The number of ketones is 1. The van der Waals surface area contributed by atoms with E-state index in [0.717, 1.165) is 0 Å². The number of alkyl halides is 12. The van der Waals surface area contributed by atoms with E-state index in [1.165, 1.54) is 0 Å². The van der Waals surface area contributed by atoms with Crippen LogP contribution in [0.3, 0.4) is 0 Å². The van der Waals surface area contributed by atoms with Gasteiger partial charge in [-0.3, -0.25) is 4.79 Å². The van der Waals surface area contributed by atoms with Gasteiger partial charge < -0.3 is 0 Å². The average molecular weight is 358 g/mol. The molecule has 0 aromatic heterocycles. The van der Waals surface area contributed by atoms with Crippen LogP contribution in [0.1, 0.15) is 13.3 Å². The van der Waals surface area contributed by atoms with Crippen LogP contribution in [0.25, 0.3) is 0 Å². The van der Waals surface area contributed by atoms with Crippen molar-refractivity contribution in [2.24, 2.45) is 0 Å². The Bertz CT molecular complexity index is 423. The molecule has 0 radical (unpaired) electrons. The summed E-state index contributed by atoms with van der Waals surface area (Å²) in [6, 6.07) is 0. The summed E-state index contributed by atoms with van der Waals surface area (Å²) in [5.41, 5.74) is 0. The molecule has 0 aliphatic heterocycles. The van der Waals surface area contributed by atoms with Crippen LogP contribution < -0.4 is 0 Å². The number of carbonyl (C=O) groups excluding carboxylic acids is 1. The maximum atomic E-state index is 12.9. The Morgan fingerprint density at radius 2 is 1.18 bits per heavy atom. The second-order valence-corrected chi connectivity index (χ2v) is 4.05. The van der Waals surface area contributed by atoms with Crippen molar-refractivity contribution >= 4 is 5.78 Å². The van der Waals surface area contributed by atoms with Gasteiger partial charge in [-0.2, -0.15) is 48.3 Å². The molecule has 0 aromatic rings. The monoisotopic (exact) mass is 358 g/mol. The van der Waals surface area contributed by atoms with E-state index in [0.29, 0.717) is 6.92 Å². The number of hydrogen-bond donors (Lipinski definition) is 0. The first-order valence-electron chi connectivity index (χ1n) is 5.16. The Hall–Kier alpha value is -1.17. The van der Waals surface area contributed by atoms with Crippen LogP contribution in [0.5, 0.6) is 0 Å². The molecule has 0 bridgehead atoms. The Labute approximate surface area is 114 Å². The van der Waals surface area contributed by atoms with Gasteiger partial charge in [-0.25, -0.2) is 4.39 Å². The maximum absolute atomic E-state index is 12.9. The normalized spacial score (nSPS) is 16.6. The predicted molar refractivity (Wildman–Crippen MR) is 46.0 cm³/mol. The SMILES string of the molecule is CCC(F)C(F)(F)C(F)(F)C(F)(F)C(F)(F)C(=O)C(F)(F)F. The van der Waals surface area contributed by atoms with Crippen molar-refractivity contribution in [3.8, 4) is 0 Å². The Kier molecular flexibility index (Phi) is 5.19. The third-order valence-electron chi connectivity index (χ3n) is 2.50. The van der Waals surface area contributed by atoms with Crippen molar-refractivity contribution in [3.63, 3.8) is 0 Å². The second-order valence-electron chi connectivity index (χ2n) is 4.05. The first-order valence-corrected chi connectivity index (χ1v) is 5.16. The van der Waals surface area contributed by atoms with Gasteiger partial charge in [0.2, 0.25) is 0 Å². The fourth-order valence-corrected chi connectivity index (χ4v) is 1.18. The summed E-state index contributed by atoms with van der Waals surface area (Å²) in [6.45, 7) is 0.464. The minimum atomic E-state index is -7.49. The fourth-order valence-electron chi connectivity index (χ4n) is 1.18. The molecule has 22 heavy (non-hydrogen) atoms. The number of carbonyl (C=O) groups is 1. The molecule has 1 unspecified atom stereocenters. The topological polar surface area (TPSA) is 17.1 Å². The van der Waals surface area contributed by atoms with Crippen LogP contribution >= 0.6 is 0 Å². The molecule has 0 aliphatic rings. The summed E-state index contributed by atoms with van der Waals surface area (Å²) in [7, 11) is 0. The highest BCUT2D eigenvalue weighted by molar-refractivity contribution is 5.91. The molecule has 13 heteroatoms. The zero-order valence-electron chi connectivity index (χ0n) is 10.2. The molecule has 0 heterocycles. The Morgan fingerprint density at radius 1 is 0.818 bits per heavy atom. The summed E-state index contributed by atoms with van der Waals surface area (Å²) >= 11 is 0. The first-order chi connectivity index (χ1) is 9.39. The van der Waals surface area contributed by atoms with Crippen molar-refractivity contribution in [2.75, 3.05) is 0 Å². The highest BCUT2D eigenvalue weighted by Gasteiger charge is 2.85. The maximum Gasteiger partial charge on any atom is 0.456 e. The summed E-state index contributed by atoms with van der Waals surface area (Å²) in [5.74, 6) is -33.1. The quantitative estimate of drug-likeness (QED) is 0.643. The molecule has 0 fully saturated rings. The van der Waals surface area contributed by atoms with Gasteiger partial charge in [-0.1, -0.05) is 6.92 Å². The van der Waals surface area contributed by atoms with Crippen molar-refractivity contribution in [1.29, 1.82) is 0 Å². The summed E-state index contributed by atoms with van der Waals surface area (Å²) in [6.07, 6.45) is -12.3. The standard InChI is InChI=1S/C9H6F12O/c1-2-3(10)5(11,12)8(18,19)9(20,21)6(13,14)4(22)7(15,16)17/h3H,2H2,1H3. The summed E-state index contributed by atoms with van der Waals surface area (Å²) < 4.78 is 151. The third kappa shape index (κ3) is 2.85. The number of rotatable bonds is 6. The molecule has 0 amide bonds. The molecular weight excluding hydrogens is 352 g/mol. The minimum absolute atomic E-state index is 0.464. The molecule has 0 N–H and O–H groups in total. The van der Waals surface area contributed by atoms with Crippen molar-refractivity contribution < 1.29 is 57.5 Å². The van der Waals surface area contributed by atoms with Gasteiger partial charge in [-0.05, 0) is 6.42 Å². The smallest absolute Gasteiger partial charge is 0.282 e. The van der Waals surface area contributed by atoms with Gasteiger partial charge in [0.15, 0.2) is 6.17 Å². The molecule has 1 atom stereocenters. The van der Waals surface area contributed by atoms with Crippen molar-refractivity contribution in [3.05, 3.63) is 0 Å². The predicted octanol–water partition coefficient (Wildman–Crippen LogP) is 4.41. The van der Waals surface area contributed by atoms with E-state index in [4.69, 9.17) is 0 Å². The zero-order chi connectivity index (χ0) is 18.4.